The molecule has 0 atom stereocenters. The lowest BCUT2D eigenvalue weighted by Crippen LogP contribution is -2.20. The zero-order chi connectivity index (χ0) is 16.1. The maximum atomic E-state index is 11.0. The van der Waals surface area contributed by atoms with Crippen molar-refractivity contribution in [1.82, 2.24) is 9.97 Å². The Morgan fingerprint density at radius 1 is 1.43 bits per heavy atom. The fourth-order valence-electron chi connectivity index (χ4n) is 2.19. The first-order chi connectivity index (χ1) is 10.6. The molecule has 0 aliphatic carbocycles. The SMILES string of the molecule is C=CCNc1nc(N(C)CCC)c2cc([N+](=O)[O-])ccc2n1.Cl. The van der Waals surface area contributed by atoms with Gasteiger partial charge in [-0.05, 0) is 12.5 Å². The van der Waals surface area contributed by atoms with E-state index in [0.29, 0.717) is 29.2 Å². The number of hydrogen-bond donors (Lipinski definition) is 1. The van der Waals surface area contributed by atoms with E-state index < -0.39 is 4.92 Å². The maximum absolute atomic E-state index is 11.0. The molecule has 0 fully saturated rings. The third-order valence-corrected chi connectivity index (χ3v) is 3.20. The molecule has 1 heterocycles. The second kappa shape index (κ2) is 8.28. The number of nitro groups is 1. The Labute approximate surface area is 141 Å². The topological polar surface area (TPSA) is 84.2 Å². The predicted molar refractivity (Wildman–Crippen MR) is 95.7 cm³/mol. The van der Waals surface area contributed by atoms with E-state index in [1.807, 2.05) is 11.9 Å². The molecule has 1 N–H and O–H groups in total. The van der Waals surface area contributed by atoms with E-state index in [-0.39, 0.29) is 18.1 Å². The number of rotatable bonds is 7. The summed E-state index contributed by atoms with van der Waals surface area (Å²) in [5.41, 5.74) is 0.708. The molecule has 1 aromatic heterocycles. The number of benzene rings is 1. The fraction of sp³-hybridized carbons (Fsp3) is 0.333. The first-order valence-electron chi connectivity index (χ1n) is 7.09. The first kappa shape index (κ1) is 18.6. The lowest BCUT2D eigenvalue weighted by Gasteiger charge is -2.19. The minimum absolute atomic E-state index is 0. The molecule has 7 nitrogen and oxygen atoms in total. The summed E-state index contributed by atoms with van der Waals surface area (Å²) in [5, 5.41) is 14.7. The van der Waals surface area contributed by atoms with E-state index in [9.17, 15) is 10.1 Å². The smallest absolute Gasteiger partial charge is 0.270 e. The summed E-state index contributed by atoms with van der Waals surface area (Å²) < 4.78 is 0. The van der Waals surface area contributed by atoms with Gasteiger partial charge in [-0.15, -0.1) is 19.0 Å². The monoisotopic (exact) mass is 337 g/mol. The van der Waals surface area contributed by atoms with Gasteiger partial charge in [0.1, 0.15) is 5.82 Å². The highest BCUT2D eigenvalue weighted by Crippen LogP contribution is 2.28. The van der Waals surface area contributed by atoms with Gasteiger partial charge >= 0.3 is 0 Å². The standard InChI is InChI=1S/C15H19N5O2.ClH/c1-4-8-16-15-17-13-7-6-11(20(21)22)10-12(13)14(18-15)19(3)9-5-2;/h4,6-7,10H,1,5,8-9H2,2-3H3,(H,16,17,18);1H. The van der Waals surface area contributed by atoms with Gasteiger partial charge in [0.15, 0.2) is 0 Å². The Morgan fingerprint density at radius 2 is 2.17 bits per heavy atom. The van der Waals surface area contributed by atoms with Gasteiger partial charge in [0.2, 0.25) is 5.95 Å². The van der Waals surface area contributed by atoms with Crippen molar-refractivity contribution in [2.75, 3.05) is 30.4 Å². The van der Waals surface area contributed by atoms with E-state index in [0.717, 1.165) is 13.0 Å². The summed E-state index contributed by atoms with van der Waals surface area (Å²) in [4.78, 5) is 21.4. The molecule has 8 heteroatoms. The molecule has 23 heavy (non-hydrogen) atoms. The van der Waals surface area contributed by atoms with Gasteiger partial charge in [-0.2, -0.15) is 4.98 Å². The van der Waals surface area contributed by atoms with Gasteiger partial charge < -0.3 is 10.2 Å². The van der Waals surface area contributed by atoms with Crippen LogP contribution < -0.4 is 10.2 Å². The Morgan fingerprint density at radius 3 is 2.78 bits per heavy atom. The Kier molecular flexibility index (Phi) is 6.71. The molecule has 2 aromatic rings. The fourth-order valence-corrected chi connectivity index (χ4v) is 2.19. The van der Waals surface area contributed by atoms with Gasteiger partial charge in [0.05, 0.1) is 10.4 Å². The second-order valence-corrected chi connectivity index (χ2v) is 4.92. The average Bonchev–Trinajstić information content (AvgIpc) is 2.51. The number of fused-ring (bicyclic) bond motifs is 1. The normalized spacial score (nSPS) is 10.0. The molecule has 0 saturated heterocycles. The molecule has 2 rings (SSSR count). The van der Waals surface area contributed by atoms with Crippen molar-refractivity contribution in [2.45, 2.75) is 13.3 Å². The number of aromatic nitrogens is 2. The van der Waals surface area contributed by atoms with E-state index in [1.165, 1.54) is 12.1 Å². The van der Waals surface area contributed by atoms with Crippen LogP contribution in [-0.4, -0.2) is 35.0 Å². The largest absolute Gasteiger partial charge is 0.359 e. The number of nitrogens with one attached hydrogen (secondary N) is 1. The van der Waals surface area contributed by atoms with Gasteiger partial charge in [0.25, 0.3) is 5.69 Å². The van der Waals surface area contributed by atoms with Crippen LogP contribution in [0, 0.1) is 10.1 Å². The first-order valence-corrected chi connectivity index (χ1v) is 7.09. The minimum atomic E-state index is -0.410. The molecule has 0 radical (unpaired) electrons. The maximum Gasteiger partial charge on any atom is 0.270 e. The summed E-state index contributed by atoms with van der Waals surface area (Å²) in [6, 6.07) is 4.63. The van der Waals surface area contributed by atoms with Crippen LogP contribution in [0.1, 0.15) is 13.3 Å². The Hall–Kier alpha value is -2.41. The molecule has 0 amide bonds. The van der Waals surface area contributed by atoms with E-state index in [4.69, 9.17) is 0 Å². The zero-order valence-corrected chi connectivity index (χ0v) is 14.0. The molecule has 0 unspecified atom stereocenters. The molecule has 0 aliphatic heterocycles. The summed E-state index contributed by atoms with van der Waals surface area (Å²) in [6.45, 7) is 7.07. The molecule has 0 saturated carbocycles. The summed E-state index contributed by atoms with van der Waals surface area (Å²) in [7, 11) is 1.92. The lowest BCUT2D eigenvalue weighted by atomic mass is 10.2. The van der Waals surface area contributed by atoms with Crippen molar-refractivity contribution in [3.63, 3.8) is 0 Å². The Bertz CT molecular complexity index is 708. The Balaban J connectivity index is 0.00000264. The highest BCUT2D eigenvalue weighted by atomic mass is 35.5. The van der Waals surface area contributed by atoms with Crippen molar-refractivity contribution in [3.05, 3.63) is 41.0 Å². The second-order valence-electron chi connectivity index (χ2n) is 4.92. The predicted octanol–water partition coefficient (Wildman–Crippen LogP) is 3.40. The third-order valence-electron chi connectivity index (χ3n) is 3.20. The van der Waals surface area contributed by atoms with Crippen molar-refractivity contribution in [3.8, 4) is 0 Å². The van der Waals surface area contributed by atoms with Crippen molar-refractivity contribution in [1.29, 1.82) is 0 Å². The summed E-state index contributed by atoms with van der Waals surface area (Å²) in [5.74, 6) is 1.17. The van der Waals surface area contributed by atoms with Crippen LogP contribution in [0.3, 0.4) is 0 Å². The van der Waals surface area contributed by atoms with Crippen molar-refractivity contribution < 1.29 is 4.92 Å². The number of nitro benzene ring substituents is 1. The van der Waals surface area contributed by atoms with Crippen LogP contribution in [0.25, 0.3) is 10.9 Å². The van der Waals surface area contributed by atoms with E-state index in [1.54, 1.807) is 12.1 Å². The average molecular weight is 338 g/mol. The van der Waals surface area contributed by atoms with Gasteiger partial charge in [0, 0.05) is 37.7 Å². The van der Waals surface area contributed by atoms with Gasteiger partial charge in [-0.1, -0.05) is 13.0 Å². The van der Waals surface area contributed by atoms with Crippen LogP contribution in [0.4, 0.5) is 17.5 Å². The van der Waals surface area contributed by atoms with Gasteiger partial charge in [-0.3, -0.25) is 10.1 Å². The van der Waals surface area contributed by atoms with Crippen molar-refractivity contribution >= 4 is 40.8 Å². The highest BCUT2D eigenvalue weighted by Gasteiger charge is 2.15. The molecular weight excluding hydrogens is 318 g/mol. The van der Waals surface area contributed by atoms with E-state index in [2.05, 4.69) is 28.8 Å². The van der Waals surface area contributed by atoms with Crippen LogP contribution in [0.2, 0.25) is 0 Å². The van der Waals surface area contributed by atoms with Crippen LogP contribution in [0.15, 0.2) is 30.9 Å². The van der Waals surface area contributed by atoms with Crippen molar-refractivity contribution in [2.24, 2.45) is 0 Å². The summed E-state index contributed by atoms with van der Waals surface area (Å²) >= 11 is 0. The third kappa shape index (κ3) is 4.29. The number of halogens is 1. The van der Waals surface area contributed by atoms with E-state index >= 15 is 0 Å². The summed E-state index contributed by atoms with van der Waals surface area (Å²) in [6.07, 6.45) is 2.67. The molecule has 1 aromatic carbocycles. The van der Waals surface area contributed by atoms with Crippen LogP contribution in [0.5, 0.6) is 0 Å². The minimum Gasteiger partial charge on any atom is -0.359 e. The van der Waals surface area contributed by atoms with Crippen LogP contribution >= 0.6 is 12.4 Å². The lowest BCUT2D eigenvalue weighted by molar-refractivity contribution is -0.384. The number of anilines is 2. The molecule has 0 aliphatic rings. The zero-order valence-electron chi connectivity index (χ0n) is 13.2. The van der Waals surface area contributed by atoms with Gasteiger partial charge in [-0.25, -0.2) is 4.98 Å². The number of non-ortho nitro benzene ring substituents is 1. The van der Waals surface area contributed by atoms with Crippen LogP contribution in [-0.2, 0) is 0 Å². The number of nitrogens with zero attached hydrogens (tertiary/aromatic N) is 4. The molecule has 0 bridgehead atoms. The molecular formula is C15H20ClN5O2. The highest BCUT2D eigenvalue weighted by molar-refractivity contribution is 5.92. The molecule has 0 spiro atoms. The molecule has 124 valence electrons. The number of hydrogen-bond acceptors (Lipinski definition) is 6. The quantitative estimate of drug-likeness (QED) is 0.473.